The third kappa shape index (κ3) is 6.37. The first kappa shape index (κ1) is 26.6. The molecule has 0 atom stereocenters. The normalized spacial score (nSPS) is 14.5. The van der Waals surface area contributed by atoms with Gasteiger partial charge in [-0.2, -0.15) is 0 Å². The van der Waals surface area contributed by atoms with Crippen molar-refractivity contribution in [3.63, 3.8) is 0 Å². The second-order valence-electron chi connectivity index (χ2n) is 9.89. The number of nitrogens with zero attached hydrogens (tertiary/aromatic N) is 2. The van der Waals surface area contributed by atoms with Gasteiger partial charge in [0.05, 0.1) is 23.2 Å². The Morgan fingerprint density at radius 2 is 1.64 bits per heavy atom. The number of H-pyrrole nitrogens is 1. The maximum atomic E-state index is 13.6. The first-order chi connectivity index (χ1) is 18.5. The number of rotatable bonds is 7. The Morgan fingerprint density at radius 1 is 0.923 bits per heavy atom. The zero-order chi connectivity index (χ0) is 27.7. The number of piperazine rings is 1. The molecule has 0 unspecified atom stereocenters. The fourth-order valence-electron chi connectivity index (χ4n) is 4.80. The first-order valence-corrected chi connectivity index (χ1v) is 14.3. The van der Waals surface area contributed by atoms with Gasteiger partial charge in [0.1, 0.15) is 11.6 Å². The fraction of sp³-hybridized carbons (Fsp3) is 0.250. The van der Waals surface area contributed by atoms with Crippen LogP contribution in [0.25, 0.3) is 10.9 Å². The monoisotopic (exact) mass is 553 g/mol. The molecule has 1 aliphatic rings. The van der Waals surface area contributed by atoms with Crippen molar-refractivity contribution in [1.82, 2.24) is 9.88 Å². The number of fused-ring (bicyclic) bond motifs is 1. The van der Waals surface area contributed by atoms with Crippen LogP contribution in [0.4, 0.5) is 25.8 Å². The fourth-order valence-corrected chi connectivity index (χ4v) is 5.36. The quantitative estimate of drug-likeness (QED) is 0.315. The van der Waals surface area contributed by atoms with E-state index in [2.05, 4.69) is 31.9 Å². The minimum absolute atomic E-state index is 0.180. The highest BCUT2D eigenvalue weighted by atomic mass is 32.2. The smallest absolute Gasteiger partial charge is 0.257 e. The highest BCUT2D eigenvalue weighted by molar-refractivity contribution is 7.92. The lowest BCUT2D eigenvalue weighted by Crippen LogP contribution is -2.44. The second-order valence-corrected chi connectivity index (χ2v) is 11.6. The summed E-state index contributed by atoms with van der Waals surface area (Å²) in [6.45, 7) is 3.35. The summed E-state index contributed by atoms with van der Waals surface area (Å²) in [5.41, 5.74) is 3.76. The Hall–Kier alpha value is -3.96. The molecule has 204 valence electrons. The van der Waals surface area contributed by atoms with Crippen LogP contribution in [0.5, 0.6) is 0 Å². The Labute approximate surface area is 225 Å². The van der Waals surface area contributed by atoms with E-state index in [9.17, 15) is 22.0 Å². The summed E-state index contributed by atoms with van der Waals surface area (Å²) in [6, 6.07) is 14.1. The summed E-state index contributed by atoms with van der Waals surface area (Å²) in [6.07, 6.45) is 3.00. The lowest BCUT2D eigenvalue weighted by atomic mass is 10.0. The van der Waals surface area contributed by atoms with Gasteiger partial charge >= 0.3 is 0 Å². The van der Waals surface area contributed by atoms with Crippen molar-refractivity contribution in [3.05, 3.63) is 89.1 Å². The van der Waals surface area contributed by atoms with E-state index >= 15 is 0 Å². The lowest BCUT2D eigenvalue weighted by molar-refractivity contribution is 0.102. The Morgan fingerprint density at radius 3 is 2.33 bits per heavy atom. The standard InChI is InChI=1S/C28H29F2N5O3S/c1-34-7-9-35(10-8-34)22-4-5-23(26(16-22)33-39(2,37)38)28(36)32-27-17-31-25-6-3-18(14-24(25)27)11-19-12-20(29)15-21(30)13-19/h3-6,12-17,31,33H,7-11H2,1-2H3,(H,32,36). The van der Waals surface area contributed by atoms with Gasteiger partial charge in [-0.3, -0.25) is 9.52 Å². The van der Waals surface area contributed by atoms with Gasteiger partial charge in [0, 0.05) is 55.0 Å². The Kier molecular flexibility index (Phi) is 7.28. The zero-order valence-corrected chi connectivity index (χ0v) is 22.4. The maximum absolute atomic E-state index is 13.6. The number of aromatic nitrogens is 1. The van der Waals surface area contributed by atoms with Crippen LogP contribution in [-0.2, 0) is 16.4 Å². The summed E-state index contributed by atoms with van der Waals surface area (Å²) < 4.78 is 54.0. The van der Waals surface area contributed by atoms with Gasteiger partial charge in [0.2, 0.25) is 10.0 Å². The third-order valence-corrected chi connectivity index (χ3v) is 7.33. The van der Waals surface area contributed by atoms with E-state index in [4.69, 9.17) is 0 Å². The average molecular weight is 554 g/mol. The van der Waals surface area contributed by atoms with E-state index in [1.165, 1.54) is 12.1 Å². The number of halogens is 2. The number of nitrogens with one attached hydrogen (secondary N) is 3. The van der Waals surface area contributed by atoms with Gasteiger partial charge in [0.15, 0.2) is 0 Å². The van der Waals surface area contributed by atoms with Gasteiger partial charge in [-0.25, -0.2) is 17.2 Å². The Balaban J connectivity index is 1.41. The minimum Gasteiger partial charge on any atom is -0.369 e. The van der Waals surface area contributed by atoms with Crippen LogP contribution in [0.3, 0.4) is 0 Å². The highest BCUT2D eigenvalue weighted by Crippen LogP contribution is 2.29. The molecule has 11 heteroatoms. The van der Waals surface area contributed by atoms with E-state index in [0.29, 0.717) is 23.1 Å². The molecule has 2 heterocycles. The van der Waals surface area contributed by atoms with Crippen molar-refractivity contribution >= 4 is 43.9 Å². The van der Waals surface area contributed by atoms with Crippen LogP contribution < -0.4 is 14.9 Å². The Bertz CT molecular complexity index is 1630. The number of anilines is 3. The number of aromatic amines is 1. The van der Waals surface area contributed by atoms with Crippen LogP contribution >= 0.6 is 0 Å². The van der Waals surface area contributed by atoms with Crippen LogP contribution in [-0.4, -0.2) is 63.7 Å². The molecular weight excluding hydrogens is 524 g/mol. The summed E-state index contributed by atoms with van der Waals surface area (Å²) in [5.74, 6) is -1.76. The summed E-state index contributed by atoms with van der Waals surface area (Å²) in [4.78, 5) is 20.9. The zero-order valence-electron chi connectivity index (χ0n) is 21.6. The van der Waals surface area contributed by atoms with Crippen LogP contribution in [0, 0.1) is 11.6 Å². The van der Waals surface area contributed by atoms with Gasteiger partial charge in [0.25, 0.3) is 5.91 Å². The molecular formula is C28H29F2N5O3S. The van der Waals surface area contributed by atoms with E-state index in [1.54, 1.807) is 18.3 Å². The molecule has 4 aromatic rings. The van der Waals surface area contributed by atoms with Gasteiger partial charge < -0.3 is 20.1 Å². The molecule has 1 aliphatic heterocycles. The van der Waals surface area contributed by atoms with Crippen LogP contribution in [0.15, 0.2) is 60.8 Å². The summed E-state index contributed by atoms with van der Waals surface area (Å²) in [5, 5.41) is 3.59. The molecule has 0 spiro atoms. The molecule has 3 aromatic carbocycles. The molecule has 1 aromatic heterocycles. The molecule has 1 fully saturated rings. The van der Waals surface area contributed by atoms with Crippen molar-refractivity contribution in [2.45, 2.75) is 6.42 Å². The van der Waals surface area contributed by atoms with Crippen LogP contribution in [0.2, 0.25) is 0 Å². The van der Waals surface area contributed by atoms with Crippen molar-refractivity contribution in [2.75, 3.05) is 54.4 Å². The second kappa shape index (κ2) is 10.7. The molecule has 0 bridgehead atoms. The number of hydrogen-bond donors (Lipinski definition) is 3. The predicted molar refractivity (Wildman–Crippen MR) is 150 cm³/mol. The summed E-state index contributed by atoms with van der Waals surface area (Å²) in [7, 11) is -1.59. The first-order valence-electron chi connectivity index (χ1n) is 12.5. The van der Waals surface area contributed by atoms with Gasteiger partial charge in [-0.1, -0.05) is 6.07 Å². The van der Waals surface area contributed by atoms with E-state index in [-0.39, 0.29) is 11.3 Å². The number of sulfonamides is 1. The van der Waals surface area contributed by atoms with Crippen molar-refractivity contribution in [3.8, 4) is 0 Å². The highest BCUT2D eigenvalue weighted by Gasteiger charge is 2.20. The van der Waals surface area contributed by atoms with Crippen molar-refractivity contribution < 1.29 is 22.0 Å². The van der Waals surface area contributed by atoms with E-state index < -0.39 is 27.6 Å². The summed E-state index contributed by atoms with van der Waals surface area (Å²) >= 11 is 0. The van der Waals surface area contributed by atoms with Crippen molar-refractivity contribution in [1.29, 1.82) is 0 Å². The number of carbonyl (C=O) groups excluding carboxylic acids is 1. The molecule has 3 N–H and O–H groups in total. The third-order valence-electron chi connectivity index (χ3n) is 6.74. The molecule has 0 radical (unpaired) electrons. The number of hydrogen-bond acceptors (Lipinski definition) is 5. The molecule has 5 rings (SSSR count). The average Bonchev–Trinajstić information content (AvgIpc) is 3.24. The van der Waals surface area contributed by atoms with E-state index in [1.807, 2.05) is 24.3 Å². The number of benzene rings is 3. The van der Waals surface area contributed by atoms with Crippen molar-refractivity contribution in [2.24, 2.45) is 0 Å². The largest absolute Gasteiger partial charge is 0.369 e. The maximum Gasteiger partial charge on any atom is 0.257 e. The molecule has 39 heavy (non-hydrogen) atoms. The van der Waals surface area contributed by atoms with Crippen LogP contribution in [0.1, 0.15) is 21.5 Å². The molecule has 1 saturated heterocycles. The van der Waals surface area contributed by atoms with E-state index in [0.717, 1.165) is 55.3 Å². The molecule has 8 nitrogen and oxygen atoms in total. The topological polar surface area (TPSA) is 97.5 Å². The number of amides is 1. The molecule has 0 aliphatic carbocycles. The van der Waals surface area contributed by atoms with Gasteiger partial charge in [-0.15, -0.1) is 0 Å². The predicted octanol–water partition coefficient (Wildman–Crippen LogP) is 4.41. The molecule has 0 saturated carbocycles. The van der Waals surface area contributed by atoms with Gasteiger partial charge in [-0.05, 0) is 67.1 Å². The number of carbonyl (C=O) groups is 1. The lowest BCUT2D eigenvalue weighted by Gasteiger charge is -2.34. The number of likely N-dealkylation sites (N-methyl/N-ethyl adjacent to an activating group) is 1. The SMILES string of the molecule is CN1CCN(c2ccc(C(=O)Nc3c[nH]c4ccc(Cc5cc(F)cc(F)c5)cc34)c(NS(C)(=O)=O)c2)CC1. The minimum atomic E-state index is -3.64. The molecule has 1 amide bonds.